The number of carbonyl (C=O) groups excluding carboxylic acids is 1. The summed E-state index contributed by atoms with van der Waals surface area (Å²) in [5.74, 6) is 1.28. The van der Waals surface area contributed by atoms with Gasteiger partial charge in [-0.25, -0.2) is 9.97 Å². The van der Waals surface area contributed by atoms with E-state index in [1.807, 2.05) is 18.2 Å². The molecular formula is C35H33F6N3O3S2. The maximum absolute atomic E-state index is 14.2. The molecule has 0 fully saturated rings. The summed E-state index contributed by atoms with van der Waals surface area (Å²) in [7, 11) is 0. The molecule has 4 aromatic rings. The van der Waals surface area contributed by atoms with Crippen molar-refractivity contribution < 1.29 is 41.4 Å². The van der Waals surface area contributed by atoms with Gasteiger partial charge in [-0.05, 0) is 96.9 Å². The van der Waals surface area contributed by atoms with Gasteiger partial charge in [0, 0.05) is 27.1 Å². The third-order valence-electron chi connectivity index (χ3n) is 9.44. The van der Waals surface area contributed by atoms with Gasteiger partial charge in [-0.1, -0.05) is 36.4 Å². The van der Waals surface area contributed by atoms with E-state index in [0.717, 1.165) is 26.7 Å². The normalized spacial score (nSPS) is 24.5. The number of alkyl halides is 6. The Balaban J connectivity index is 0.000000189. The molecule has 5 unspecified atom stereocenters. The van der Waals surface area contributed by atoms with Crippen LogP contribution >= 0.6 is 23.5 Å². The van der Waals surface area contributed by atoms with Crippen LogP contribution in [0.25, 0.3) is 10.9 Å². The zero-order valence-corrected chi connectivity index (χ0v) is 27.8. The fourth-order valence-electron chi connectivity index (χ4n) is 6.93. The lowest BCUT2D eigenvalue weighted by molar-refractivity contribution is -0.273. The Kier molecular flexibility index (Phi) is 9.72. The quantitative estimate of drug-likeness (QED) is 0.140. The molecule has 0 radical (unpaired) electrons. The SMILES string of the molecule is Cc1ncc2c(NC3c4cccc5c4C(CCS5)CC3(O)C(F)(F)F)cccc2n1.O=CC(O)(CC1CCSc2ccccc21)C(F)(F)F. The Morgan fingerprint density at radius 2 is 1.61 bits per heavy atom. The number of anilines is 1. The molecule has 3 heterocycles. The van der Waals surface area contributed by atoms with E-state index in [0.29, 0.717) is 46.6 Å². The molecular weight excluding hydrogens is 689 g/mol. The lowest BCUT2D eigenvalue weighted by atomic mass is 9.69. The highest BCUT2D eigenvalue weighted by atomic mass is 32.2. The van der Waals surface area contributed by atoms with Gasteiger partial charge in [0.15, 0.2) is 11.9 Å². The predicted molar refractivity (Wildman–Crippen MR) is 177 cm³/mol. The summed E-state index contributed by atoms with van der Waals surface area (Å²) < 4.78 is 81.0. The number of nitrogens with zero attached hydrogens (tertiary/aromatic N) is 2. The van der Waals surface area contributed by atoms with Crippen LogP contribution in [0, 0.1) is 6.92 Å². The molecule has 1 aliphatic carbocycles. The van der Waals surface area contributed by atoms with Crippen LogP contribution < -0.4 is 5.32 Å². The molecule has 5 atom stereocenters. The molecule has 3 N–H and O–H groups in total. The smallest absolute Gasteiger partial charge is 0.379 e. The Hall–Kier alpha value is -3.33. The van der Waals surface area contributed by atoms with Crippen LogP contribution in [-0.4, -0.2) is 61.5 Å². The summed E-state index contributed by atoms with van der Waals surface area (Å²) >= 11 is 3.25. The van der Waals surface area contributed by atoms with Crippen LogP contribution in [-0.2, 0) is 4.79 Å². The molecule has 6 nitrogen and oxygen atoms in total. The maximum atomic E-state index is 14.2. The van der Waals surface area contributed by atoms with Crippen molar-refractivity contribution in [2.45, 2.75) is 83.8 Å². The zero-order chi connectivity index (χ0) is 35.2. The van der Waals surface area contributed by atoms with Gasteiger partial charge in [0.1, 0.15) is 5.82 Å². The fraction of sp³-hybridized carbons (Fsp3) is 0.400. The van der Waals surface area contributed by atoms with Crippen molar-refractivity contribution >= 4 is 46.4 Å². The van der Waals surface area contributed by atoms with Crippen LogP contribution in [0.15, 0.2) is 76.7 Å². The topological polar surface area (TPSA) is 95.3 Å². The van der Waals surface area contributed by atoms with E-state index >= 15 is 0 Å². The second-order valence-electron chi connectivity index (χ2n) is 12.6. The number of fused-ring (bicyclic) bond motifs is 2. The summed E-state index contributed by atoms with van der Waals surface area (Å²) in [5.41, 5.74) is -2.79. The Labute approximate surface area is 287 Å². The predicted octanol–water partition coefficient (Wildman–Crippen LogP) is 8.52. The summed E-state index contributed by atoms with van der Waals surface area (Å²) in [4.78, 5) is 21.2. The minimum Gasteiger partial charge on any atom is -0.379 e. The summed E-state index contributed by atoms with van der Waals surface area (Å²) in [6.07, 6.45) is -8.31. The van der Waals surface area contributed by atoms with Crippen LogP contribution in [0.5, 0.6) is 0 Å². The summed E-state index contributed by atoms with van der Waals surface area (Å²) in [6.45, 7) is 1.76. The zero-order valence-electron chi connectivity index (χ0n) is 26.2. The first-order valence-electron chi connectivity index (χ1n) is 15.7. The molecule has 14 heteroatoms. The highest BCUT2D eigenvalue weighted by Crippen LogP contribution is 2.57. The third kappa shape index (κ3) is 6.76. The number of hydrogen-bond acceptors (Lipinski definition) is 8. The number of carbonyl (C=O) groups is 1. The number of aldehydes is 1. The number of thioether (sulfide) groups is 2. The first-order valence-corrected chi connectivity index (χ1v) is 17.6. The Morgan fingerprint density at radius 3 is 2.35 bits per heavy atom. The van der Waals surface area contributed by atoms with Gasteiger partial charge in [-0.2, -0.15) is 26.3 Å². The van der Waals surface area contributed by atoms with E-state index < -0.39 is 48.2 Å². The average Bonchev–Trinajstić information content (AvgIpc) is 3.06. The van der Waals surface area contributed by atoms with E-state index in [1.165, 1.54) is 0 Å². The molecule has 1 aromatic heterocycles. The molecule has 260 valence electrons. The van der Waals surface area contributed by atoms with Crippen molar-refractivity contribution in [3.8, 4) is 0 Å². The van der Waals surface area contributed by atoms with Gasteiger partial charge in [0.25, 0.3) is 0 Å². The minimum atomic E-state index is -4.94. The first-order chi connectivity index (χ1) is 23.1. The first kappa shape index (κ1) is 35.5. The highest BCUT2D eigenvalue weighted by molar-refractivity contribution is 7.99. The molecule has 0 saturated heterocycles. The Morgan fingerprint density at radius 1 is 0.939 bits per heavy atom. The summed E-state index contributed by atoms with van der Waals surface area (Å²) in [5, 5.41) is 24.3. The van der Waals surface area contributed by atoms with Gasteiger partial charge in [0.05, 0.1) is 11.6 Å². The molecule has 0 spiro atoms. The molecule has 49 heavy (non-hydrogen) atoms. The van der Waals surface area contributed by atoms with Crippen molar-refractivity contribution in [1.29, 1.82) is 0 Å². The maximum Gasteiger partial charge on any atom is 0.424 e. The van der Waals surface area contributed by atoms with Crippen LogP contribution in [0.4, 0.5) is 32.0 Å². The lowest BCUT2D eigenvalue weighted by Gasteiger charge is -2.47. The van der Waals surface area contributed by atoms with Crippen molar-refractivity contribution in [3.05, 3.63) is 89.4 Å². The van der Waals surface area contributed by atoms with Crippen LogP contribution in [0.2, 0.25) is 0 Å². The molecule has 0 amide bonds. The van der Waals surface area contributed by atoms with Crippen LogP contribution in [0.1, 0.15) is 66.1 Å². The average molecular weight is 722 g/mol. The second kappa shape index (κ2) is 13.4. The van der Waals surface area contributed by atoms with E-state index in [-0.39, 0.29) is 12.3 Å². The van der Waals surface area contributed by atoms with Gasteiger partial charge in [-0.3, -0.25) is 4.79 Å². The lowest BCUT2D eigenvalue weighted by Crippen LogP contribution is -2.56. The molecule has 0 saturated carbocycles. The van der Waals surface area contributed by atoms with Gasteiger partial charge in [-0.15, -0.1) is 23.5 Å². The van der Waals surface area contributed by atoms with Crippen molar-refractivity contribution in [3.63, 3.8) is 0 Å². The number of hydrogen-bond donors (Lipinski definition) is 3. The van der Waals surface area contributed by atoms with Gasteiger partial charge < -0.3 is 15.5 Å². The summed E-state index contributed by atoms with van der Waals surface area (Å²) in [6, 6.07) is 16.5. The standard InChI is InChI=1S/C22H20F3N3OS.C13H13F3O2S/c1-12-26-11-15-16(27-12)5-3-6-17(15)28-20-14-4-2-7-18-19(14)13(8-9-30-18)10-21(20,29)22(23,24)25;14-13(15,16)12(18,8-17)7-9-5-6-19-11-4-2-1-3-10(9)11/h2-7,11,13,20,28-29H,8-10H2,1H3;1-4,8-9,18H,5-7H2. The molecule has 3 aromatic carbocycles. The van der Waals surface area contributed by atoms with E-state index in [4.69, 9.17) is 0 Å². The molecule has 0 bridgehead atoms. The van der Waals surface area contributed by atoms with Crippen molar-refractivity contribution in [1.82, 2.24) is 9.97 Å². The van der Waals surface area contributed by atoms with Gasteiger partial charge >= 0.3 is 12.4 Å². The number of nitrogens with one attached hydrogen (secondary N) is 1. The van der Waals surface area contributed by atoms with Crippen LogP contribution in [0.3, 0.4) is 0 Å². The number of halogens is 6. The van der Waals surface area contributed by atoms with Crippen molar-refractivity contribution in [2.24, 2.45) is 0 Å². The monoisotopic (exact) mass is 721 g/mol. The van der Waals surface area contributed by atoms with Crippen molar-refractivity contribution in [2.75, 3.05) is 16.8 Å². The number of aliphatic hydroxyl groups is 2. The van der Waals surface area contributed by atoms with E-state index in [2.05, 4.69) is 15.3 Å². The van der Waals surface area contributed by atoms with Gasteiger partial charge in [0.2, 0.25) is 5.60 Å². The molecule has 3 aliphatic rings. The molecule has 2 aliphatic heterocycles. The number of aromatic nitrogens is 2. The number of aryl methyl sites for hydroxylation is 1. The highest BCUT2D eigenvalue weighted by Gasteiger charge is 2.62. The fourth-order valence-corrected chi connectivity index (χ4v) is 9.36. The Bertz CT molecular complexity index is 1860. The number of rotatable bonds is 5. The minimum absolute atomic E-state index is 0.305. The largest absolute Gasteiger partial charge is 0.424 e. The van der Waals surface area contributed by atoms with E-state index in [9.17, 15) is 41.4 Å². The third-order valence-corrected chi connectivity index (χ3v) is 11.7. The van der Waals surface area contributed by atoms with E-state index in [1.54, 1.807) is 79.1 Å². The second-order valence-corrected chi connectivity index (χ2v) is 14.8. The number of benzene rings is 3. The molecule has 7 rings (SSSR count).